The van der Waals surface area contributed by atoms with Crippen molar-refractivity contribution in [3.63, 3.8) is 0 Å². The number of pyridine rings is 1. The Hall–Kier alpha value is -1.71. The highest BCUT2D eigenvalue weighted by Gasteiger charge is 2.15. The van der Waals surface area contributed by atoms with Crippen molar-refractivity contribution < 1.29 is 0 Å². The molecule has 0 aliphatic carbocycles. The number of rotatable bonds is 2. The molecule has 100 valence electrons. The van der Waals surface area contributed by atoms with Crippen molar-refractivity contribution in [1.82, 2.24) is 4.98 Å². The molecule has 2 N–H and O–H groups in total. The van der Waals surface area contributed by atoms with E-state index < -0.39 is 0 Å². The third-order valence-corrected chi connectivity index (χ3v) is 4.54. The summed E-state index contributed by atoms with van der Waals surface area (Å²) in [5, 5.41) is 2.28. The minimum Gasteiger partial charge on any atom is -0.320 e. The van der Waals surface area contributed by atoms with Crippen LogP contribution in [0, 0.1) is 6.92 Å². The molecule has 0 saturated heterocycles. The van der Waals surface area contributed by atoms with E-state index in [1.54, 1.807) is 0 Å². The van der Waals surface area contributed by atoms with Crippen LogP contribution >= 0.6 is 15.9 Å². The average molecular weight is 327 g/mol. The molecule has 0 fully saturated rings. The first-order valence-electron chi connectivity index (χ1n) is 6.51. The standard InChI is InChI=1S/C17H15BrN2/c1-11-13(7-4-8-16(11)18)17(19)15-10-20-9-12-5-2-3-6-14(12)15/h2-10,17H,19H2,1H3. The van der Waals surface area contributed by atoms with E-state index in [4.69, 9.17) is 5.73 Å². The Labute approximate surface area is 126 Å². The molecule has 3 heteroatoms. The summed E-state index contributed by atoms with van der Waals surface area (Å²) < 4.78 is 1.08. The summed E-state index contributed by atoms with van der Waals surface area (Å²) in [6, 6.07) is 14.2. The quantitative estimate of drug-likeness (QED) is 0.760. The van der Waals surface area contributed by atoms with Crippen LogP contribution in [0.2, 0.25) is 0 Å². The molecule has 0 saturated carbocycles. The molecule has 3 rings (SSSR count). The molecule has 2 nitrogen and oxygen atoms in total. The maximum atomic E-state index is 6.49. The normalized spacial score (nSPS) is 12.6. The van der Waals surface area contributed by atoms with E-state index in [0.29, 0.717) is 0 Å². The van der Waals surface area contributed by atoms with Crippen LogP contribution in [0.5, 0.6) is 0 Å². The molecule has 0 aliphatic heterocycles. The monoisotopic (exact) mass is 326 g/mol. The number of aromatic nitrogens is 1. The predicted octanol–water partition coefficient (Wildman–Crippen LogP) is 4.35. The maximum absolute atomic E-state index is 6.49. The second kappa shape index (κ2) is 5.35. The zero-order valence-electron chi connectivity index (χ0n) is 11.2. The number of fused-ring (bicyclic) bond motifs is 1. The lowest BCUT2D eigenvalue weighted by molar-refractivity contribution is 0.862. The van der Waals surface area contributed by atoms with Crippen LogP contribution < -0.4 is 5.73 Å². The first-order chi connectivity index (χ1) is 9.68. The molecular weight excluding hydrogens is 312 g/mol. The van der Waals surface area contributed by atoms with E-state index in [2.05, 4.69) is 46.0 Å². The lowest BCUT2D eigenvalue weighted by Gasteiger charge is -2.17. The number of nitrogens with two attached hydrogens (primary N) is 1. The van der Waals surface area contributed by atoms with Crippen LogP contribution in [0.25, 0.3) is 10.8 Å². The summed E-state index contributed by atoms with van der Waals surface area (Å²) >= 11 is 3.57. The Morgan fingerprint density at radius 2 is 1.80 bits per heavy atom. The lowest BCUT2D eigenvalue weighted by atomic mass is 9.94. The Bertz CT molecular complexity index is 763. The van der Waals surface area contributed by atoms with Crippen molar-refractivity contribution in [3.8, 4) is 0 Å². The number of hydrogen-bond donors (Lipinski definition) is 1. The van der Waals surface area contributed by atoms with Crippen LogP contribution in [0.3, 0.4) is 0 Å². The zero-order valence-corrected chi connectivity index (χ0v) is 12.8. The highest BCUT2D eigenvalue weighted by Crippen LogP contribution is 2.30. The Morgan fingerprint density at radius 3 is 2.65 bits per heavy atom. The predicted molar refractivity (Wildman–Crippen MR) is 86.7 cm³/mol. The van der Waals surface area contributed by atoms with Crippen LogP contribution in [-0.2, 0) is 0 Å². The van der Waals surface area contributed by atoms with Crippen molar-refractivity contribution in [1.29, 1.82) is 0 Å². The van der Waals surface area contributed by atoms with Crippen molar-refractivity contribution in [2.75, 3.05) is 0 Å². The third-order valence-electron chi connectivity index (χ3n) is 3.68. The fourth-order valence-electron chi connectivity index (χ4n) is 2.52. The van der Waals surface area contributed by atoms with Gasteiger partial charge in [0.05, 0.1) is 6.04 Å². The summed E-state index contributed by atoms with van der Waals surface area (Å²) in [4.78, 5) is 4.32. The summed E-state index contributed by atoms with van der Waals surface area (Å²) in [5.74, 6) is 0. The smallest absolute Gasteiger partial charge is 0.0576 e. The van der Waals surface area contributed by atoms with Gasteiger partial charge in [0.2, 0.25) is 0 Å². The fraction of sp³-hybridized carbons (Fsp3) is 0.118. The highest BCUT2D eigenvalue weighted by atomic mass is 79.9. The Balaban J connectivity index is 2.18. The van der Waals surface area contributed by atoms with Gasteiger partial charge in [-0.1, -0.05) is 52.3 Å². The van der Waals surface area contributed by atoms with Gasteiger partial charge in [-0.3, -0.25) is 4.98 Å². The zero-order chi connectivity index (χ0) is 14.1. The molecule has 0 bridgehead atoms. The van der Waals surface area contributed by atoms with Crippen LogP contribution in [-0.4, -0.2) is 4.98 Å². The molecule has 0 radical (unpaired) electrons. The largest absolute Gasteiger partial charge is 0.320 e. The van der Waals surface area contributed by atoms with Gasteiger partial charge >= 0.3 is 0 Å². The number of halogens is 1. The van der Waals surface area contributed by atoms with Crippen molar-refractivity contribution in [2.24, 2.45) is 5.73 Å². The number of benzene rings is 2. The molecule has 1 aromatic heterocycles. The molecule has 1 unspecified atom stereocenters. The van der Waals surface area contributed by atoms with Gasteiger partial charge in [-0.15, -0.1) is 0 Å². The van der Waals surface area contributed by atoms with Gasteiger partial charge in [0.1, 0.15) is 0 Å². The maximum Gasteiger partial charge on any atom is 0.0576 e. The van der Waals surface area contributed by atoms with Crippen molar-refractivity contribution >= 4 is 26.7 Å². The topological polar surface area (TPSA) is 38.9 Å². The molecule has 1 atom stereocenters. The minimum absolute atomic E-state index is 0.175. The molecule has 3 aromatic rings. The molecule has 0 spiro atoms. The third kappa shape index (κ3) is 2.23. The van der Waals surface area contributed by atoms with Gasteiger partial charge in [0, 0.05) is 22.3 Å². The van der Waals surface area contributed by atoms with Gasteiger partial charge in [0.25, 0.3) is 0 Å². The van der Waals surface area contributed by atoms with E-state index in [9.17, 15) is 0 Å². The van der Waals surface area contributed by atoms with E-state index >= 15 is 0 Å². The van der Waals surface area contributed by atoms with Gasteiger partial charge in [-0.05, 0) is 35.1 Å². The molecule has 0 aliphatic rings. The van der Waals surface area contributed by atoms with Gasteiger partial charge in [-0.25, -0.2) is 0 Å². The van der Waals surface area contributed by atoms with Crippen LogP contribution in [0.4, 0.5) is 0 Å². The SMILES string of the molecule is Cc1c(Br)cccc1C(N)c1cncc2ccccc12. The Kier molecular flexibility index (Phi) is 3.55. The first-order valence-corrected chi connectivity index (χ1v) is 7.31. The second-order valence-corrected chi connectivity index (χ2v) is 5.74. The first kappa shape index (κ1) is 13.3. The molecule has 0 amide bonds. The second-order valence-electron chi connectivity index (χ2n) is 4.88. The fourth-order valence-corrected chi connectivity index (χ4v) is 2.90. The number of nitrogens with zero attached hydrogens (tertiary/aromatic N) is 1. The summed E-state index contributed by atoms with van der Waals surface area (Å²) in [6.45, 7) is 2.08. The van der Waals surface area contributed by atoms with Crippen LogP contribution in [0.15, 0.2) is 59.3 Å². The van der Waals surface area contributed by atoms with E-state index in [-0.39, 0.29) is 6.04 Å². The number of hydrogen-bond acceptors (Lipinski definition) is 2. The van der Waals surface area contributed by atoms with Crippen molar-refractivity contribution in [2.45, 2.75) is 13.0 Å². The molecule has 1 heterocycles. The Morgan fingerprint density at radius 1 is 1.00 bits per heavy atom. The van der Waals surface area contributed by atoms with Gasteiger partial charge in [-0.2, -0.15) is 0 Å². The molecule has 2 aromatic carbocycles. The molecular formula is C17H15BrN2. The van der Waals surface area contributed by atoms with Gasteiger partial charge in [0.15, 0.2) is 0 Å². The van der Waals surface area contributed by atoms with Gasteiger partial charge < -0.3 is 5.73 Å². The van der Waals surface area contributed by atoms with E-state index in [1.165, 1.54) is 5.56 Å². The van der Waals surface area contributed by atoms with E-state index in [1.807, 2.05) is 36.7 Å². The van der Waals surface area contributed by atoms with Crippen LogP contribution in [0.1, 0.15) is 22.7 Å². The minimum atomic E-state index is -0.175. The summed E-state index contributed by atoms with van der Waals surface area (Å²) in [7, 11) is 0. The van der Waals surface area contributed by atoms with Crippen molar-refractivity contribution in [3.05, 3.63) is 76.0 Å². The average Bonchev–Trinajstić information content (AvgIpc) is 2.49. The van der Waals surface area contributed by atoms with E-state index in [0.717, 1.165) is 26.4 Å². The summed E-state index contributed by atoms with van der Waals surface area (Å²) in [6.07, 6.45) is 3.74. The molecule has 20 heavy (non-hydrogen) atoms. The highest BCUT2D eigenvalue weighted by molar-refractivity contribution is 9.10. The lowest BCUT2D eigenvalue weighted by Crippen LogP contribution is -2.14. The summed E-state index contributed by atoms with van der Waals surface area (Å²) in [5.41, 5.74) is 9.85.